The first-order valence-electron chi connectivity index (χ1n) is 7.96. The highest BCUT2D eigenvalue weighted by Gasteiger charge is 2.39. The molecule has 134 valence electrons. The predicted molar refractivity (Wildman–Crippen MR) is 104 cm³/mol. The topological polar surface area (TPSA) is 49.4 Å². The number of benzene rings is 3. The van der Waals surface area contributed by atoms with Gasteiger partial charge in [-0.25, -0.2) is 9.29 Å². The van der Waals surface area contributed by atoms with Crippen LogP contribution in [0, 0.1) is 5.82 Å². The molecule has 3 aromatic carbocycles. The van der Waals surface area contributed by atoms with E-state index in [0.717, 1.165) is 21.7 Å². The molecule has 1 N–H and O–H groups in total. The van der Waals surface area contributed by atoms with Crippen molar-refractivity contribution in [1.29, 1.82) is 0 Å². The number of fused-ring (bicyclic) bond motifs is 1. The molecule has 7 heteroatoms. The molecule has 0 saturated heterocycles. The summed E-state index contributed by atoms with van der Waals surface area (Å²) >= 11 is 11.9. The van der Waals surface area contributed by atoms with Gasteiger partial charge < -0.3 is 5.32 Å². The van der Waals surface area contributed by atoms with E-state index in [1.54, 1.807) is 12.1 Å². The molecular formula is C20H11Cl2FN2O2. The molecule has 4 rings (SSSR count). The number of halogens is 3. The van der Waals surface area contributed by atoms with Crippen LogP contribution in [0.4, 0.5) is 15.8 Å². The summed E-state index contributed by atoms with van der Waals surface area (Å²) in [4.78, 5) is 26.6. The first kappa shape index (κ1) is 17.5. The Kier molecular flexibility index (Phi) is 4.34. The van der Waals surface area contributed by atoms with Crippen molar-refractivity contribution >= 4 is 57.2 Å². The number of imide groups is 1. The first-order chi connectivity index (χ1) is 13.0. The second-order valence-electron chi connectivity index (χ2n) is 5.89. The van der Waals surface area contributed by atoms with Crippen LogP contribution in [0.2, 0.25) is 5.02 Å². The molecule has 0 bridgehead atoms. The summed E-state index contributed by atoms with van der Waals surface area (Å²) < 4.78 is 13.3. The Balaban J connectivity index is 1.73. The molecule has 27 heavy (non-hydrogen) atoms. The van der Waals surface area contributed by atoms with Crippen molar-refractivity contribution in [2.75, 3.05) is 10.2 Å². The maximum absolute atomic E-state index is 13.3. The summed E-state index contributed by atoms with van der Waals surface area (Å²) in [6, 6.07) is 16.6. The summed E-state index contributed by atoms with van der Waals surface area (Å²) in [5.74, 6) is -1.82. The van der Waals surface area contributed by atoms with Gasteiger partial charge in [0.15, 0.2) is 0 Å². The van der Waals surface area contributed by atoms with Crippen molar-refractivity contribution < 1.29 is 14.0 Å². The lowest BCUT2D eigenvalue weighted by Crippen LogP contribution is -2.32. The predicted octanol–water partition coefficient (Wildman–Crippen LogP) is 5.07. The molecule has 1 heterocycles. The van der Waals surface area contributed by atoms with Crippen LogP contribution < -0.4 is 10.2 Å². The van der Waals surface area contributed by atoms with Crippen LogP contribution in [0.5, 0.6) is 0 Å². The molecule has 0 radical (unpaired) electrons. The molecule has 2 amide bonds. The molecule has 0 fully saturated rings. The van der Waals surface area contributed by atoms with Crippen LogP contribution in [0.1, 0.15) is 0 Å². The highest BCUT2D eigenvalue weighted by molar-refractivity contribution is 6.53. The lowest BCUT2D eigenvalue weighted by Gasteiger charge is -2.17. The van der Waals surface area contributed by atoms with E-state index in [1.807, 2.05) is 30.3 Å². The third kappa shape index (κ3) is 2.95. The van der Waals surface area contributed by atoms with Gasteiger partial charge in [0.25, 0.3) is 11.8 Å². The zero-order valence-corrected chi connectivity index (χ0v) is 15.2. The van der Waals surface area contributed by atoms with E-state index < -0.39 is 17.6 Å². The van der Waals surface area contributed by atoms with Gasteiger partial charge in [-0.05, 0) is 29.7 Å². The van der Waals surface area contributed by atoms with Crippen molar-refractivity contribution in [1.82, 2.24) is 0 Å². The van der Waals surface area contributed by atoms with E-state index in [0.29, 0.717) is 11.4 Å². The van der Waals surface area contributed by atoms with Crippen LogP contribution in [0.15, 0.2) is 71.4 Å². The van der Waals surface area contributed by atoms with E-state index in [2.05, 4.69) is 5.32 Å². The average molecular weight is 401 g/mol. The van der Waals surface area contributed by atoms with E-state index in [-0.39, 0.29) is 15.8 Å². The van der Waals surface area contributed by atoms with Gasteiger partial charge in [-0.15, -0.1) is 0 Å². The van der Waals surface area contributed by atoms with Crippen molar-refractivity contribution in [3.05, 3.63) is 82.2 Å². The smallest absolute Gasteiger partial charge is 0.283 e. The maximum atomic E-state index is 13.3. The lowest BCUT2D eigenvalue weighted by molar-refractivity contribution is -0.120. The highest BCUT2D eigenvalue weighted by Crippen LogP contribution is 2.34. The minimum absolute atomic E-state index is 0.0859. The van der Waals surface area contributed by atoms with Gasteiger partial charge in [0, 0.05) is 11.1 Å². The van der Waals surface area contributed by atoms with Crippen molar-refractivity contribution in [3.63, 3.8) is 0 Å². The summed E-state index contributed by atoms with van der Waals surface area (Å²) in [7, 11) is 0. The van der Waals surface area contributed by atoms with Gasteiger partial charge in [0.05, 0.1) is 10.7 Å². The molecule has 0 atom stereocenters. The number of carbonyl (C=O) groups excluding carboxylic acids is 2. The van der Waals surface area contributed by atoms with Crippen LogP contribution in [0.3, 0.4) is 0 Å². The van der Waals surface area contributed by atoms with Gasteiger partial charge in [0.1, 0.15) is 16.5 Å². The van der Waals surface area contributed by atoms with Gasteiger partial charge in [-0.2, -0.15) is 0 Å². The van der Waals surface area contributed by atoms with Gasteiger partial charge in [0.2, 0.25) is 0 Å². The molecule has 0 aliphatic carbocycles. The SMILES string of the molecule is O=C1C(Cl)=C(Nc2ccc(F)c(Cl)c2)C(=O)N1c1cccc2ccccc12. The number of carbonyl (C=O) groups is 2. The van der Waals surface area contributed by atoms with E-state index in [1.165, 1.54) is 12.1 Å². The Morgan fingerprint density at radius 3 is 2.41 bits per heavy atom. The fraction of sp³-hybridized carbons (Fsp3) is 0. The van der Waals surface area contributed by atoms with Crippen LogP contribution in [0.25, 0.3) is 10.8 Å². The molecule has 1 aliphatic rings. The van der Waals surface area contributed by atoms with Crippen LogP contribution in [-0.4, -0.2) is 11.8 Å². The molecule has 3 aromatic rings. The van der Waals surface area contributed by atoms with E-state index >= 15 is 0 Å². The minimum Gasteiger partial charge on any atom is -0.350 e. The molecule has 0 saturated carbocycles. The maximum Gasteiger partial charge on any atom is 0.283 e. The number of hydrogen-bond donors (Lipinski definition) is 1. The van der Waals surface area contributed by atoms with E-state index in [4.69, 9.17) is 23.2 Å². The average Bonchev–Trinajstić information content (AvgIpc) is 2.88. The summed E-state index contributed by atoms with van der Waals surface area (Å²) in [6.45, 7) is 0. The highest BCUT2D eigenvalue weighted by atomic mass is 35.5. The minimum atomic E-state index is -0.631. The van der Waals surface area contributed by atoms with Crippen molar-refractivity contribution in [2.45, 2.75) is 0 Å². The largest absolute Gasteiger partial charge is 0.350 e. The molecule has 0 aromatic heterocycles. The Labute approximate surface area is 163 Å². The number of hydrogen-bond acceptors (Lipinski definition) is 3. The normalized spacial score (nSPS) is 14.4. The second-order valence-corrected chi connectivity index (χ2v) is 6.67. The fourth-order valence-corrected chi connectivity index (χ4v) is 3.34. The standard InChI is InChI=1S/C20H11Cl2FN2O2/c21-14-10-12(8-9-15(14)23)24-18-17(22)19(26)25(20(18)27)16-7-3-5-11-4-1-2-6-13(11)16/h1-10,24H. The Hall–Kier alpha value is -2.89. The van der Waals surface area contributed by atoms with Gasteiger partial charge in [-0.1, -0.05) is 59.6 Å². The van der Waals surface area contributed by atoms with Crippen LogP contribution in [-0.2, 0) is 9.59 Å². The zero-order chi connectivity index (χ0) is 19.1. The fourth-order valence-electron chi connectivity index (χ4n) is 2.95. The Morgan fingerprint density at radius 1 is 0.889 bits per heavy atom. The number of rotatable bonds is 3. The third-order valence-corrected chi connectivity index (χ3v) is 4.86. The number of amides is 2. The molecular weight excluding hydrogens is 390 g/mol. The summed E-state index contributed by atoms with van der Waals surface area (Å²) in [6.07, 6.45) is 0. The van der Waals surface area contributed by atoms with Gasteiger partial charge in [-0.3, -0.25) is 9.59 Å². The first-order valence-corrected chi connectivity index (χ1v) is 8.71. The van der Waals surface area contributed by atoms with E-state index in [9.17, 15) is 14.0 Å². The summed E-state index contributed by atoms with van der Waals surface area (Å²) in [5, 5.41) is 4.05. The summed E-state index contributed by atoms with van der Waals surface area (Å²) in [5.41, 5.74) is 0.697. The lowest BCUT2D eigenvalue weighted by atomic mass is 10.1. The third-order valence-electron chi connectivity index (χ3n) is 4.22. The molecule has 0 spiro atoms. The number of nitrogens with zero attached hydrogens (tertiary/aromatic N) is 1. The van der Waals surface area contributed by atoms with Gasteiger partial charge >= 0.3 is 0 Å². The Bertz CT molecular complexity index is 1140. The van der Waals surface area contributed by atoms with Crippen molar-refractivity contribution in [2.24, 2.45) is 0 Å². The number of anilines is 2. The number of nitrogens with one attached hydrogen (secondary N) is 1. The Morgan fingerprint density at radius 2 is 1.63 bits per heavy atom. The van der Waals surface area contributed by atoms with Crippen LogP contribution >= 0.6 is 23.2 Å². The zero-order valence-electron chi connectivity index (χ0n) is 13.7. The monoisotopic (exact) mass is 400 g/mol. The molecule has 1 aliphatic heterocycles. The second kappa shape index (κ2) is 6.68. The molecule has 4 nitrogen and oxygen atoms in total. The quantitative estimate of drug-likeness (QED) is 0.624. The van der Waals surface area contributed by atoms with Crippen molar-refractivity contribution in [3.8, 4) is 0 Å². The molecule has 0 unspecified atom stereocenters.